The third-order valence-electron chi connectivity index (χ3n) is 2.08. The van der Waals surface area contributed by atoms with Gasteiger partial charge in [-0.2, -0.15) is 0 Å². The maximum absolute atomic E-state index is 5.45. The summed E-state index contributed by atoms with van der Waals surface area (Å²) in [5.41, 5.74) is 0. The highest BCUT2D eigenvalue weighted by Gasteiger charge is 2.13. The van der Waals surface area contributed by atoms with E-state index in [9.17, 15) is 0 Å². The van der Waals surface area contributed by atoms with Gasteiger partial charge in [0.2, 0.25) is 0 Å². The van der Waals surface area contributed by atoms with Crippen LogP contribution in [-0.4, -0.2) is 17.9 Å². The molecule has 0 saturated carbocycles. The first-order valence-corrected chi connectivity index (χ1v) is 5.33. The zero-order chi connectivity index (χ0) is 11.4. The number of rotatable bonds is 4. The Hall–Kier alpha value is -1.68. The quantitative estimate of drug-likeness (QED) is 0.781. The Bertz CT molecular complexity index is 361. The number of hydrogen-bond acceptors (Lipinski definition) is 4. The Morgan fingerprint density at radius 1 is 1.25 bits per heavy atom. The molecule has 0 fully saturated rings. The molecule has 2 rings (SSSR count). The average molecular weight is 221 g/mol. The molecule has 1 atom stereocenters. The van der Waals surface area contributed by atoms with E-state index >= 15 is 0 Å². The van der Waals surface area contributed by atoms with E-state index in [1.54, 1.807) is 6.20 Å². The molecule has 16 heavy (non-hydrogen) atoms. The number of benzene rings is 1. The minimum absolute atomic E-state index is 0.0581. The number of hydroxylamine groups is 2. The smallest absolute Gasteiger partial charge is 0.158 e. The molecule has 86 valence electrons. The second-order valence-electron chi connectivity index (χ2n) is 3.43. The van der Waals surface area contributed by atoms with Gasteiger partial charge in [-0.25, -0.2) is 4.84 Å². The lowest BCUT2D eigenvalue weighted by Gasteiger charge is -2.16. The Balaban J connectivity index is 1.92. The van der Waals surface area contributed by atoms with E-state index in [-0.39, 0.29) is 6.10 Å². The van der Waals surface area contributed by atoms with E-state index in [0.717, 1.165) is 5.75 Å². The Morgan fingerprint density at radius 3 is 2.50 bits per heavy atom. The van der Waals surface area contributed by atoms with Gasteiger partial charge in [0.15, 0.2) is 5.75 Å². The number of nitrogens with zero attached hydrogens (tertiary/aromatic N) is 1. The monoisotopic (exact) mass is 221 g/mol. The van der Waals surface area contributed by atoms with E-state index in [1.165, 1.54) is 5.23 Å². The summed E-state index contributed by atoms with van der Waals surface area (Å²) in [7, 11) is 0. The van der Waals surface area contributed by atoms with Crippen molar-refractivity contribution in [3.63, 3.8) is 0 Å². The van der Waals surface area contributed by atoms with Crippen LogP contribution in [0.5, 0.6) is 11.5 Å². The van der Waals surface area contributed by atoms with Gasteiger partial charge in [0.05, 0.1) is 12.8 Å². The van der Waals surface area contributed by atoms with Crippen LogP contribution in [-0.2, 0) is 4.84 Å². The third-order valence-corrected chi connectivity index (χ3v) is 2.08. The molecular formula is C12H15NO3. The highest BCUT2D eigenvalue weighted by Crippen LogP contribution is 2.20. The molecular weight excluding hydrogens is 206 g/mol. The van der Waals surface area contributed by atoms with Crippen molar-refractivity contribution < 1.29 is 14.4 Å². The Morgan fingerprint density at radius 2 is 1.94 bits per heavy atom. The summed E-state index contributed by atoms with van der Waals surface area (Å²) in [5.74, 6) is 1.54. The molecule has 0 aliphatic carbocycles. The standard InChI is InChI=1S/C12H15NO3/c1-3-14-11-4-6-12(7-5-11)16-13-9-8-10(2)15-13/h4-10H,3H2,1-2H3. The lowest BCUT2D eigenvalue weighted by atomic mass is 10.3. The van der Waals surface area contributed by atoms with Gasteiger partial charge < -0.3 is 9.57 Å². The normalized spacial score (nSPS) is 18.9. The molecule has 1 aliphatic heterocycles. The van der Waals surface area contributed by atoms with Crippen LogP contribution < -0.4 is 9.57 Å². The molecule has 4 nitrogen and oxygen atoms in total. The molecule has 0 amide bonds. The molecule has 0 N–H and O–H groups in total. The fourth-order valence-corrected chi connectivity index (χ4v) is 1.34. The molecule has 0 radical (unpaired) electrons. The second kappa shape index (κ2) is 4.90. The minimum Gasteiger partial charge on any atom is -0.494 e. The molecule has 4 heteroatoms. The van der Waals surface area contributed by atoms with Gasteiger partial charge in [-0.15, -0.1) is 0 Å². The van der Waals surface area contributed by atoms with Crippen LogP contribution in [0.25, 0.3) is 0 Å². The summed E-state index contributed by atoms with van der Waals surface area (Å²) >= 11 is 0. The van der Waals surface area contributed by atoms with E-state index in [1.807, 2.05) is 44.2 Å². The molecule has 1 aromatic rings. The number of ether oxygens (including phenoxy) is 1. The van der Waals surface area contributed by atoms with Crippen LogP contribution >= 0.6 is 0 Å². The van der Waals surface area contributed by atoms with Crippen LogP contribution in [0, 0.1) is 0 Å². The second-order valence-corrected chi connectivity index (χ2v) is 3.43. The van der Waals surface area contributed by atoms with Gasteiger partial charge in [0.1, 0.15) is 11.9 Å². The summed E-state index contributed by atoms with van der Waals surface area (Å²) in [4.78, 5) is 10.8. The van der Waals surface area contributed by atoms with Crippen molar-refractivity contribution in [1.29, 1.82) is 0 Å². The highest BCUT2D eigenvalue weighted by molar-refractivity contribution is 5.31. The predicted molar refractivity (Wildman–Crippen MR) is 59.8 cm³/mol. The summed E-state index contributed by atoms with van der Waals surface area (Å²) in [6.45, 7) is 4.56. The average Bonchev–Trinajstić information content (AvgIpc) is 2.67. The van der Waals surface area contributed by atoms with E-state index < -0.39 is 0 Å². The first kappa shape index (κ1) is 10.8. The first-order valence-electron chi connectivity index (χ1n) is 5.33. The summed E-state index contributed by atoms with van der Waals surface area (Å²) in [6, 6.07) is 7.40. The predicted octanol–water partition coefficient (Wildman–Crippen LogP) is 2.53. The first-order chi connectivity index (χ1) is 7.78. The fourth-order valence-electron chi connectivity index (χ4n) is 1.34. The SMILES string of the molecule is CCOc1ccc(ON2C=CC(C)O2)cc1. The molecule has 0 aromatic heterocycles. The van der Waals surface area contributed by atoms with Crippen LogP contribution in [0.15, 0.2) is 36.5 Å². The zero-order valence-corrected chi connectivity index (χ0v) is 9.42. The zero-order valence-electron chi connectivity index (χ0n) is 9.42. The minimum atomic E-state index is 0.0581. The Kier molecular flexibility index (Phi) is 3.31. The highest BCUT2D eigenvalue weighted by atomic mass is 17.0. The maximum atomic E-state index is 5.45. The molecule has 1 heterocycles. The van der Waals surface area contributed by atoms with E-state index in [0.29, 0.717) is 12.4 Å². The summed E-state index contributed by atoms with van der Waals surface area (Å²) in [5, 5.41) is 1.35. The molecule has 1 aromatic carbocycles. The van der Waals surface area contributed by atoms with Crippen molar-refractivity contribution in [2.75, 3.05) is 6.61 Å². The van der Waals surface area contributed by atoms with Gasteiger partial charge in [-0.3, -0.25) is 0 Å². The summed E-state index contributed by atoms with van der Waals surface area (Å²) in [6.07, 6.45) is 3.72. The van der Waals surface area contributed by atoms with Crippen LogP contribution in [0.1, 0.15) is 13.8 Å². The van der Waals surface area contributed by atoms with E-state index in [2.05, 4.69) is 0 Å². The van der Waals surface area contributed by atoms with Gasteiger partial charge >= 0.3 is 0 Å². The van der Waals surface area contributed by atoms with Crippen LogP contribution in [0.4, 0.5) is 0 Å². The van der Waals surface area contributed by atoms with Gasteiger partial charge in [-0.05, 0) is 44.2 Å². The molecule has 1 unspecified atom stereocenters. The van der Waals surface area contributed by atoms with Crippen molar-refractivity contribution in [2.45, 2.75) is 20.0 Å². The van der Waals surface area contributed by atoms with Crippen molar-refractivity contribution in [3.05, 3.63) is 36.5 Å². The topological polar surface area (TPSA) is 30.9 Å². The summed E-state index contributed by atoms with van der Waals surface area (Å²) < 4.78 is 5.33. The van der Waals surface area contributed by atoms with E-state index in [4.69, 9.17) is 14.4 Å². The molecule has 0 spiro atoms. The van der Waals surface area contributed by atoms with Crippen molar-refractivity contribution in [3.8, 4) is 11.5 Å². The maximum Gasteiger partial charge on any atom is 0.158 e. The van der Waals surface area contributed by atoms with Gasteiger partial charge in [0, 0.05) is 0 Å². The van der Waals surface area contributed by atoms with Gasteiger partial charge in [0.25, 0.3) is 0 Å². The molecule has 0 saturated heterocycles. The largest absolute Gasteiger partial charge is 0.494 e. The fraction of sp³-hybridized carbons (Fsp3) is 0.333. The van der Waals surface area contributed by atoms with Crippen LogP contribution in [0.2, 0.25) is 0 Å². The number of hydrogen-bond donors (Lipinski definition) is 0. The third kappa shape index (κ3) is 2.67. The molecule has 1 aliphatic rings. The van der Waals surface area contributed by atoms with Crippen LogP contribution in [0.3, 0.4) is 0 Å². The van der Waals surface area contributed by atoms with Crippen molar-refractivity contribution in [1.82, 2.24) is 5.23 Å². The van der Waals surface area contributed by atoms with Gasteiger partial charge in [-0.1, -0.05) is 5.23 Å². The Labute approximate surface area is 94.9 Å². The van der Waals surface area contributed by atoms with Crippen molar-refractivity contribution in [2.24, 2.45) is 0 Å². The van der Waals surface area contributed by atoms with Crippen molar-refractivity contribution >= 4 is 0 Å². The molecule has 0 bridgehead atoms. The lowest BCUT2D eigenvalue weighted by molar-refractivity contribution is -0.281. The lowest BCUT2D eigenvalue weighted by Crippen LogP contribution is -2.20.